The first-order valence-corrected chi connectivity index (χ1v) is 6.55. The van der Waals surface area contributed by atoms with Gasteiger partial charge in [0.05, 0.1) is 17.9 Å². The molecule has 1 aliphatic rings. The standard InChI is InChI=1S/C9H13N3O.2C2H6/c1-3-7-6(2)11-9-8(12-7)10-4-5-13-9;2*1-2/h3-5H2,1-2H3,(H,10,12);2*1-2H3. The lowest BCUT2D eigenvalue weighted by Gasteiger charge is -2.18. The Balaban J connectivity index is 0.000000581. The lowest BCUT2D eigenvalue weighted by Crippen LogP contribution is -2.21. The molecule has 4 heteroatoms. The van der Waals surface area contributed by atoms with Gasteiger partial charge in [0.25, 0.3) is 5.88 Å². The van der Waals surface area contributed by atoms with Crippen LogP contribution >= 0.6 is 0 Å². The first-order valence-electron chi connectivity index (χ1n) is 6.55. The SMILES string of the molecule is CC.CC.CCc1nc2c(nc1C)OCCN2. The molecule has 0 unspecified atom stereocenters. The summed E-state index contributed by atoms with van der Waals surface area (Å²) in [7, 11) is 0. The van der Waals surface area contributed by atoms with Gasteiger partial charge in [-0.3, -0.25) is 0 Å². The zero-order valence-electron chi connectivity index (χ0n) is 11.9. The van der Waals surface area contributed by atoms with Crippen molar-refractivity contribution in [3.8, 4) is 5.88 Å². The van der Waals surface area contributed by atoms with E-state index in [1.54, 1.807) is 0 Å². The number of aromatic nitrogens is 2. The fraction of sp³-hybridized carbons (Fsp3) is 0.692. The summed E-state index contributed by atoms with van der Waals surface area (Å²) in [6.45, 7) is 13.5. The molecule has 1 N–H and O–H groups in total. The van der Waals surface area contributed by atoms with E-state index in [-0.39, 0.29) is 0 Å². The molecule has 17 heavy (non-hydrogen) atoms. The van der Waals surface area contributed by atoms with Crippen molar-refractivity contribution in [2.75, 3.05) is 18.5 Å². The second-order valence-electron chi connectivity index (χ2n) is 3.04. The summed E-state index contributed by atoms with van der Waals surface area (Å²) in [6, 6.07) is 0. The maximum atomic E-state index is 5.37. The molecule has 4 nitrogen and oxygen atoms in total. The molecule has 1 aromatic rings. The van der Waals surface area contributed by atoms with Gasteiger partial charge in [-0.05, 0) is 13.3 Å². The molecule has 0 atom stereocenters. The lowest BCUT2D eigenvalue weighted by atomic mass is 10.2. The minimum atomic E-state index is 0.640. The summed E-state index contributed by atoms with van der Waals surface area (Å²) in [5.74, 6) is 1.43. The second-order valence-corrected chi connectivity index (χ2v) is 3.04. The maximum absolute atomic E-state index is 5.37. The fourth-order valence-electron chi connectivity index (χ4n) is 1.40. The Morgan fingerprint density at radius 3 is 2.41 bits per heavy atom. The van der Waals surface area contributed by atoms with E-state index in [2.05, 4.69) is 22.2 Å². The average Bonchev–Trinajstić information content (AvgIpc) is 2.42. The maximum Gasteiger partial charge on any atom is 0.257 e. The summed E-state index contributed by atoms with van der Waals surface area (Å²) in [6.07, 6.45) is 0.911. The van der Waals surface area contributed by atoms with Crippen LogP contribution in [0.25, 0.3) is 0 Å². The van der Waals surface area contributed by atoms with Crippen LogP contribution in [-0.2, 0) is 6.42 Å². The third-order valence-corrected chi connectivity index (χ3v) is 2.10. The zero-order valence-corrected chi connectivity index (χ0v) is 11.9. The molecule has 1 aliphatic heterocycles. The molecular formula is C13H25N3O. The van der Waals surface area contributed by atoms with Gasteiger partial charge in [0.15, 0.2) is 5.82 Å². The summed E-state index contributed by atoms with van der Waals surface area (Å²) >= 11 is 0. The molecule has 0 spiro atoms. The highest BCUT2D eigenvalue weighted by atomic mass is 16.5. The van der Waals surface area contributed by atoms with Gasteiger partial charge in [-0.15, -0.1) is 0 Å². The van der Waals surface area contributed by atoms with Crippen LogP contribution in [0.15, 0.2) is 0 Å². The van der Waals surface area contributed by atoms with E-state index < -0.39 is 0 Å². The highest BCUT2D eigenvalue weighted by Crippen LogP contribution is 2.23. The van der Waals surface area contributed by atoms with Crippen molar-refractivity contribution in [2.24, 2.45) is 0 Å². The molecule has 0 radical (unpaired) electrons. The number of hydrogen-bond donors (Lipinski definition) is 1. The van der Waals surface area contributed by atoms with Gasteiger partial charge in [-0.2, -0.15) is 0 Å². The van der Waals surface area contributed by atoms with Crippen molar-refractivity contribution in [1.29, 1.82) is 0 Å². The van der Waals surface area contributed by atoms with Crippen LogP contribution in [0.1, 0.15) is 46.0 Å². The number of fused-ring (bicyclic) bond motifs is 1. The third kappa shape index (κ3) is 4.21. The number of aryl methyl sites for hydroxylation is 2. The van der Waals surface area contributed by atoms with Crippen LogP contribution in [0.4, 0.5) is 5.82 Å². The predicted molar refractivity (Wildman–Crippen MR) is 72.8 cm³/mol. The van der Waals surface area contributed by atoms with E-state index in [1.165, 1.54) is 0 Å². The number of ether oxygens (including phenoxy) is 1. The number of anilines is 1. The number of hydrogen-bond acceptors (Lipinski definition) is 4. The smallest absolute Gasteiger partial charge is 0.257 e. The van der Waals surface area contributed by atoms with Crippen LogP contribution in [-0.4, -0.2) is 23.1 Å². The van der Waals surface area contributed by atoms with Crippen molar-refractivity contribution >= 4 is 5.82 Å². The first kappa shape index (κ1) is 15.7. The van der Waals surface area contributed by atoms with Crippen molar-refractivity contribution in [3.63, 3.8) is 0 Å². The molecule has 2 heterocycles. The van der Waals surface area contributed by atoms with Crippen LogP contribution in [0.5, 0.6) is 5.88 Å². The molecule has 0 aromatic carbocycles. The van der Waals surface area contributed by atoms with E-state index in [9.17, 15) is 0 Å². The number of nitrogens with zero attached hydrogens (tertiary/aromatic N) is 2. The largest absolute Gasteiger partial charge is 0.473 e. The molecule has 0 amide bonds. The Labute approximate surface area is 105 Å². The summed E-state index contributed by atoms with van der Waals surface area (Å²) in [4.78, 5) is 8.77. The quantitative estimate of drug-likeness (QED) is 0.817. The third-order valence-electron chi connectivity index (χ3n) is 2.10. The van der Waals surface area contributed by atoms with Crippen molar-refractivity contribution in [3.05, 3.63) is 11.4 Å². The molecule has 0 bridgehead atoms. The Morgan fingerprint density at radius 1 is 1.18 bits per heavy atom. The van der Waals surface area contributed by atoms with Crippen LogP contribution in [0.3, 0.4) is 0 Å². The molecule has 0 saturated carbocycles. The topological polar surface area (TPSA) is 47.0 Å². The van der Waals surface area contributed by atoms with Crippen molar-refractivity contribution in [1.82, 2.24) is 9.97 Å². The van der Waals surface area contributed by atoms with Gasteiger partial charge in [-0.25, -0.2) is 9.97 Å². The first-order chi connectivity index (χ1) is 8.31. The van der Waals surface area contributed by atoms with E-state index in [0.717, 1.165) is 30.2 Å². The van der Waals surface area contributed by atoms with Gasteiger partial charge in [0.2, 0.25) is 0 Å². The lowest BCUT2D eigenvalue weighted by molar-refractivity contribution is 0.307. The molecular weight excluding hydrogens is 214 g/mol. The monoisotopic (exact) mass is 239 g/mol. The zero-order chi connectivity index (χ0) is 13.3. The van der Waals surface area contributed by atoms with Gasteiger partial charge in [0.1, 0.15) is 6.61 Å². The minimum Gasteiger partial charge on any atom is -0.473 e. The fourth-order valence-corrected chi connectivity index (χ4v) is 1.40. The van der Waals surface area contributed by atoms with Gasteiger partial charge in [0, 0.05) is 0 Å². The van der Waals surface area contributed by atoms with E-state index in [4.69, 9.17) is 4.74 Å². The van der Waals surface area contributed by atoms with Crippen molar-refractivity contribution in [2.45, 2.75) is 48.0 Å². The normalized spacial score (nSPS) is 11.6. The van der Waals surface area contributed by atoms with Gasteiger partial charge >= 0.3 is 0 Å². The van der Waals surface area contributed by atoms with Crippen LogP contribution < -0.4 is 10.1 Å². The summed E-state index contributed by atoms with van der Waals surface area (Å²) in [5.41, 5.74) is 2.00. The molecule has 0 saturated heterocycles. The van der Waals surface area contributed by atoms with E-state index in [0.29, 0.717) is 12.5 Å². The van der Waals surface area contributed by atoms with Crippen LogP contribution in [0, 0.1) is 6.92 Å². The number of rotatable bonds is 1. The average molecular weight is 239 g/mol. The van der Waals surface area contributed by atoms with E-state index >= 15 is 0 Å². The predicted octanol–water partition coefficient (Wildman–Crippen LogP) is 3.20. The molecule has 0 fully saturated rings. The summed E-state index contributed by atoms with van der Waals surface area (Å²) in [5, 5.41) is 3.17. The van der Waals surface area contributed by atoms with Gasteiger partial charge < -0.3 is 10.1 Å². The Kier molecular flexibility index (Phi) is 8.11. The van der Waals surface area contributed by atoms with Crippen molar-refractivity contribution < 1.29 is 4.74 Å². The highest BCUT2D eigenvalue weighted by Gasteiger charge is 2.14. The Morgan fingerprint density at radius 2 is 1.82 bits per heavy atom. The summed E-state index contributed by atoms with van der Waals surface area (Å²) < 4.78 is 5.37. The Hall–Kier alpha value is -1.32. The second kappa shape index (κ2) is 8.79. The molecule has 0 aliphatic carbocycles. The number of nitrogens with one attached hydrogen (secondary N) is 1. The highest BCUT2D eigenvalue weighted by molar-refractivity contribution is 5.48. The Bertz CT molecular complexity index is 327. The van der Waals surface area contributed by atoms with Crippen LogP contribution in [0.2, 0.25) is 0 Å². The minimum absolute atomic E-state index is 0.640. The molecule has 98 valence electrons. The molecule has 1 aromatic heterocycles. The van der Waals surface area contributed by atoms with E-state index in [1.807, 2.05) is 34.6 Å². The molecule has 2 rings (SSSR count). The van der Waals surface area contributed by atoms with Gasteiger partial charge in [-0.1, -0.05) is 34.6 Å².